The molecule has 3 nitrogen and oxygen atoms in total. The van der Waals surface area contributed by atoms with E-state index in [1.165, 1.54) is 70.6 Å². The minimum Gasteiger partial charge on any atom is -0.336 e. The van der Waals surface area contributed by atoms with Crippen molar-refractivity contribution in [2.24, 2.45) is 17.8 Å². The van der Waals surface area contributed by atoms with Crippen LogP contribution in [0.3, 0.4) is 0 Å². The van der Waals surface area contributed by atoms with Gasteiger partial charge in [0.1, 0.15) is 0 Å². The molecule has 136 valence electrons. The van der Waals surface area contributed by atoms with Crippen LogP contribution in [0.2, 0.25) is 0 Å². The van der Waals surface area contributed by atoms with Crippen LogP contribution in [0, 0.1) is 17.8 Å². The summed E-state index contributed by atoms with van der Waals surface area (Å²) in [6.07, 6.45) is 15.6. The minimum atomic E-state index is 0.478. The maximum absolute atomic E-state index is 12.8. The van der Waals surface area contributed by atoms with Crippen LogP contribution in [0.25, 0.3) is 0 Å². The van der Waals surface area contributed by atoms with Crippen LogP contribution in [0.15, 0.2) is 0 Å². The number of fused-ring (bicyclic) bond motifs is 1. The van der Waals surface area contributed by atoms with E-state index >= 15 is 0 Å². The molecule has 0 aromatic rings. The molecule has 24 heavy (non-hydrogen) atoms. The highest BCUT2D eigenvalue weighted by atomic mass is 16.2. The van der Waals surface area contributed by atoms with E-state index in [0.29, 0.717) is 23.9 Å². The lowest BCUT2D eigenvalue weighted by Crippen LogP contribution is -2.43. The quantitative estimate of drug-likeness (QED) is 0.840. The van der Waals surface area contributed by atoms with E-state index < -0.39 is 0 Å². The molecule has 3 aliphatic carbocycles. The Bertz CT molecular complexity index is 439. The fraction of sp³-hybridized carbons (Fsp3) is 0.952. The Morgan fingerprint density at radius 3 is 2.38 bits per heavy atom. The summed E-state index contributed by atoms with van der Waals surface area (Å²) in [5.41, 5.74) is 0. The van der Waals surface area contributed by atoms with Crippen molar-refractivity contribution >= 4 is 5.91 Å². The average molecular weight is 333 g/mol. The lowest BCUT2D eigenvalue weighted by molar-refractivity contribution is -0.132. The monoisotopic (exact) mass is 332 g/mol. The van der Waals surface area contributed by atoms with E-state index in [0.717, 1.165) is 30.8 Å². The minimum absolute atomic E-state index is 0.478. The maximum Gasteiger partial charge on any atom is 0.223 e. The van der Waals surface area contributed by atoms with Gasteiger partial charge in [-0.1, -0.05) is 45.4 Å². The van der Waals surface area contributed by atoms with Crippen LogP contribution in [0.5, 0.6) is 0 Å². The van der Waals surface area contributed by atoms with Gasteiger partial charge in [-0.05, 0) is 56.4 Å². The van der Waals surface area contributed by atoms with Gasteiger partial charge in [-0.25, -0.2) is 0 Å². The molecule has 3 heteroatoms. The molecule has 0 aromatic heterocycles. The predicted octanol–water partition coefficient (Wildman–Crippen LogP) is 4.11. The molecule has 1 saturated heterocycles. The summed E-state index contributed by atoms with van der Waals surface area (Å²) in [6, 6.07) is 1.88. The van der Waals surface area contributed by atoms with Gasteiger partial charge in [-0.15, -0.1) is 0 Å². The standard InChI is InChI=1S/C21H36N2O/c1-15-12-20-18(19(15)14-22-16-8-4-2-5-9-16)13-21(24)23(20)17-10-6-3-7-11-17/h15-20,22H,2-14H2,1H3/t15-,18-,19+,20+/m0/s1. The van der Waals surface area contributed by atoms with Gasteiger partial charge in [0, 0.05) is 24.5 Å². The van der Waals surface area contributed by atoms with Crippen molar-refractivity contribution in [3.8, 4) is 0 Å². The molecule has 3 saturated carbocycles. The van der Waals surface area contributed by atoms with E-state index in [1.54, 1.807) is 0 Å². The van der Waals surface area contributed by atoms with Crippen molar-refractivity contribution in [3.63, 3.8) is 0 Å². The SMILES string of the molecule is C[C@H]1C[C@@H]2[C@@H](CC(=O)N2C2CCCCC2)[C@@H]1CNC1CCCCC1. The molecule has 0 bridgehead atoms. The summed E-state index contributed by atoms with van der Waals surface area (Å²) in [6.45, 7) is 3.59. The normalized spacial score (nSPS) is 38.7. The van der Waals surface area contributed by atoms with Crippen LogP contribution in [0.1, 0.15) is 84.0 Å². The Balaban J connectivity index is 1.38. The first-order chi connectivity index (χ1) is 11.7. The topological polar surface area (TPSA) is 32.3 Å². The van der Waals surface area contributed by atoms with Crippen LogP contribution in [-0.4, -0.2) is 35.5 Å². The first kappa shape index (κ1) is 16.9. The van der Waals surface area contributed by atoms with E-state index in [1.807, 2.05) is 0 Å². The second-order valence-electron chi connectivity index (χ2n) is 9.15. The lowest BCUT2D eigenvalue weighted by Gasteiger charge is -2.35. The molecule has 1 N–H and O–H groups in total. The van der Waals surface area contributed by atoms with E-state index in [4.69, 9.17) is 0 Å². The number of rotatable bonds is 4. The first-order valence-electron chi connectivity index (χ1n) is 10.8. The van der Waals surface area contributed by atoms with E-state index in [2.05, 4.69) is 17.1 Å². The van der Waals surface area contributed by atoms with Gasteiger partial charge in [-0.3, -0.25) is 4.79 Å². The van der Waals surface area contributed by atoms with Crippen molar-refractivity contribution < 1.29 is 4.79 Å². The highest BCUT2D eigenvalue weighted by Gasteiger charge is 2.52. The molecule has 4 atom stereocenters. The largest absolute Gasteiger partial charge is 0.336 e. The third-order valence-electron chi connectivity index (χ3n) is 7.66. The number of carbonyl (C=O) groups is 1. The Morgan fingerprint density at radius 2 is 1.67 bits per heavy atom. The van der Waals surface area contributed by atoms with Crippen molar-refractivity contribution in [1.82, 2.24) is 10.2 Å². The molecular weight excluding hydrogens is 296 g/mol. The fourth-order valence-electron chi connectivity index (χ4n) is 6.33. The van der Waals surface area contributed by atoms with Gasteiger partial charge in [0.05, 0.1) is 0 Å². The maximum atomic E-state index is 12.8. The Morgan fingerprint density at radius 1 is 1.00 bits per heavy atom. The molecule has 0 spiro atoms. The highest BCUT2D eigenvalue weighted by molar-refractivity contribution is 5.80. The number of carbonyl (C=O) groups excluding carboxylic acids is 1. The highest BCUT2D eigenvalue weighted by Crippen LogP contribution is 2.47. The number of amides is 1. The van der Waals surface area contributed by atoms with Crippen molar-refractivity contribution in [1.29, 1.82) is 0 Å². The first-order valence-corrected chi connectivity index (χ1v) is 10.8. The molecule has 0 unspecified atom stereocenters. The average Bonchev–Trinajstić information content (AvgIpc) is 3.08. The molecule has 0 aromatic carbocycles. The Hall–Kier alpha value is -0.570. The zero-order chi connectivity index (χ0) is 16.5. The third-order valence-corrected chi connectivity index (χ3v) is 7.66. The third kappa shape index (κ3) is 3.25. The molecule has 0 radical (unpaired) electrons. The van der Waals surface area contributed by atoms with Gasteiger partial charge in [0.15, 0.2) is 0 Å². The molecular formula is C21H36N2O. The van der Waals surface area contributed by atoms with E-state index in [-0.39, 0.29) is 0 Å². The second-order valence-corrected chi connectivity index (χ2v) is 9.15. The molecule has 1 aliphatic heterocycles. The van der Waals surface area contributed by atoms with Crippen LogP contribution >= 0.6 is 0 Å². The zero-order valence-electron chi connectivity index (χ0n) is 15.5. The summed E-state index contributed by atoms with van der Waals surface area (Å²) in [5.74, 6) is 2.60. The zero-order valence-corrected chi connectivity index (χ0v) is 15.5. The fourth-order valence-corrected chi connectivity index (χ4v) is 6.33. The number of likely N-dealkylation sites (tertiary alicyclic amines) is 1. The van der Waals surface area contributed by atoms with Crippen LogP contribution < -0.4 is 5.32 Å². The Labute approximate surface area is 147 Å². The van der Waals surface area contributed by atoms with Gasteiger partial charge < -0.3 is 10.2 Å². The second kappa shape index (κ2) is 7.35. The van der Waals surface area contributed by atoms with Gasteiger partial charge in [-0.2, -0.15) is 0 Å². The summed E-state index contributed by atoms with van der Waals surface area (Å²) >= 11 is 0. The molecule has 4 rings (SSSR count). The summed E-state index contributed by atoms with van der Waals surface area (Å²) in [7, 11) is 0. The smallest absolute Gasteiger partial charge is 0.223 e. The number of nitrogens with zero attached hydrogens (tertiary/aromatic N) is 1. The summed E-state index contributed by atoms with van der Waals surface area (Å²) < 4.78 is 0. The molecule has 1 amide bonds. The Kier molecular flexibility index (Phi) is 5.17. The number of nitrogens with one attached hydrogen (secondary N) is 1. The van der Waals surface area contributed by atoms with Crippen molar-refractivity contribution in [3.05, 3.63) is 0 Å². The van der Waals surface area contributed by atoms with Crippen molar-refractivity contribution in [2.75, 3.05) is 6.54 Å². The molecule has 4 aliphatic rings. The van der Waals surface area contributed by atoms with Crippen LogP contribution in [0.4, 0.5) is 0 Å². The number of hydrogen-bond donors (Lipinski definition) is 1. The van der Waals surface area contributed by atoms with Gasteiger partial charge in [0.2, 0.25) is 5.91 Å². The predicted molar refractivity (Wildman–Crippen MR) is 97.8 cm³/mol. The van der Waals surface area contributed by atoms with Gasteiger partial charge >= 0.3 is 0 Å². The summed E-state index contributed by atoms with van der Waals surface area (Å²) in [5, 5.41) is 3.89. The van der Waals surface area contributed by atoms with Gasteiger partial charge in [0.25, 0.3) is 0 Å². The summed E-state index contributed by atoms with van der Waals surface area (Å²) in [4.78, 5) is 15.1. The molecule has 1 heterocycles. The van der Waals surface area contributed by atoms with Crippen LogP contribution in [-0.2, 0) is 4.79 Å². The lowest BCUT2D eigenvalue weighted by atomic mass is 9.87. The van der Waals surface area contributed by atoms with Crippen molar-refractivity contribution in [2.45, 2.75) is 102 Å². The molecule has 4 fully saturated rings. The van der Waals surface area contributed by atoms with E-state index in [9.17, 15) is 4.79 Å². The number of hydrogen-bond acceptors (Lipinski definition) is 2.